The van der Waals surface area contributed by atoms with Crippen LogP contribution in [0.15, 0.2) is 24.3 Å². The number of anilines is 1. The predicted molar refractivity (Wildman–Crippen MR) is 108 cm³/mol. The van der Waals surface area contributed by atoms with Crippen molar-refractivity contribution in [1.29, 1.82) is 0 Å². The number of unbranched alkanes of at least 4 members (excludes halogenated alkanes) is 1. The lowest BCUT2D eigenvalue weighted by Gasteiger charge is -2.23. The van der Waals surface area contributed by atoms with Gasteiger partial charge >= 0.3 is 0 Å². The summed E-state index contributed by atoms with van der Waals surface area (Å²) in [4.78, 5) is 2.47. The van der Waals surface area contributed by atoms with Gasteiger partial charge in [0.25, 0.3) is 0 Å². The number of nitrogens with zero attached hydrogens (tertiary/aromatic N) is 1. The quantitative estimate of drug-likeness (QED) is 0.542. The number of ether oxygens (including phenoxy) is 2. The average Bonchev–Trinajstić information content (AvgIpc) is 2.58. The second-order valence-electron chi connectivity index (χ2n) is 7.49. The monoisotopic (exact) mass is 350 g/mol. The standard InChI is InChI=1S/C21H38N2O2/c1-6-25-18-16-23(14-7-8-17-24-5)15-13-22-20-11-9-19(10-12-20)21(2,3)4/h9-12,22H,6-8,13-18H2,1-5H3. The molecule has 1 rings (SSSR count). The van der Waals surface area contributed by atoms with Gasteiger partial charge in [0.05, 0.1) is 6.61 Å². The first-order chi connectivity index (χ1) is 12.0. The van der Waals surface area contributed by atoms with Crippen LogP contribution in [0.4, 0.5) is 5.69 Å². The minimum atomic E-state index is 0.205. The van der Waals surface area contributed by atoms with Crippen molar-refractivity contribution in [3.05, 3.63) is 29.8 Å². The molecule has 1 aromatic carbocycles. The Balaban J connectivity index is 2.38. The van der Waals surface area contributed by atoms with Crippen LogP contribution in [0.3, 0.4) is 0 Å². The molecule has 0 spiro atoms. The Morgan fingerprint density at radius 3 is 2.28 bits per heavy atom. The summed E-state index contributed by atoms with van der Waals surface area (Å²) in [6, 6.07) is 8.81. The van der Waals surface area contributed by atoms with Gasteiger partial charge in [-0.15, -0.1) is 0 Å². The van der Waals surface area contributed by atoms with Gasteiger partial charge in [-0.1, -0.05) is 32.9 Å². The number of methoxy groups -OCH3 is 1. The van der Waals surface area contributed by atoms with Crippen molar-refractivity contribution in [2.75, 3.05) is 58.4 Å². The molecule has 4 nitrogen and oxygen atoms in total. The maximum atomic E-state index is 5.51. The summed E-state index contributed by atoms with van der Waals surface area (Å²) in [6.45, 7) is 15.3. The van der Waals surface area contributed by atoms with Crippen LogP contribution in [-0.4, -0.2) is 58.0 Å². The minimum absolute atomic E-state index is 0.205. The summed E-state index contributed by atoms with van der Waals surface area (Å²) in [5, 5.41) is 3.54. The molecule has 0 aliphatic carbocycles. The molecule has 0 unspecified atom stereocenters. The summed E-state index contributed by atoms with van der Waals surface area (Å²) in [7, 11) is 1.77. The van der Waals surface area contributed by atoms with Crippen LogP contribution >= 0.6 is 0 Å². The number of hydrogen-bond acceptors (Lipinski definition) is 4. The van der Waals surface area contributed by atoms with Crippen LogP contribution in [0.2, 0.25) is 0 Å². The van der Waals surface area contributed by atoms with Crippen molar-refractivity contribution in [3.8, 4) is 0 Å². The molecular formula is C21H38N2O2. The van der Waals surface area contributed by atoms with Gasteiger partial charge in [0, 0.05) is 45.6 Å². The number of hydrogen-bond donors (Lipinski definition) is 1. The SMILES string of the molecule is CCOCCN(CCCCOC)CCNc1ccc(C(C)(C)C)cc1. The first kappa shape index (κ1) is 21.9. The van der Waals surface area contributed by atoms with E-state index in [1.54, 1.807) is 7.11 Å². The van der Waals surface area contributed by atoms with Gasteiger partial charge in [-0.3, -0.25) is 4.90 Å². The third-order valence-electron chi connectivity index (χ3n) is 4.34. The normalized spacial score (nSPS) is 11.9. The van der Waals surface area contributed by atoms with Crippen molar-refractivity contribution in [2.24, 2.45) is 0 Å². The highest BCUT2D eigenvalue weighted by Crippen LogP contribution is 2.23. The fourth-order valence-electron chi connectivity index (χ4n) is 2.70. The van der Waals surface area contributed by atoms with Crippen molar-refractivity contribution >= 4 is 5.69 Å². The molecule has 1 aromatic rings. The Bertz CT molecular complexity index is 440. The molecular weight excluding hydrogens is 312 g/mol. The molecule has 144 valence electrons. The molecule has 25 heavy (non-hydrogen) atoms. The Hall–Kier alpha value is -1.10. The van der Waals surface area contributed by atoms with Crippen molar-refractivity contribution in [1.82, 2.24) is 4.90 Å². The zero-order chi connectivity index (χ0) is 18.5. The van der Waals surface area contributed by atoms with E-state index in [2.05, 4.69) is 55.3 Å². The second kappa shape index (κ2) is 12.3. The van der Waals surface area contributed by atoms with Crippen LogP contribution < -0.4 is 5.32 Å². The Morgan fingerprint density at radius 2 is 1.68 bits per heavy atom. The fourth-order valence-corrected chi connectivity index (χ4v) is 2.70. The maximum Gasteiger partial charge on any atom is 0.0593 e. The highest BCUT2D eigenvalue weighted by Gasteiger charge is 2.12. The van der Waals surface area contributed by atoms with E-state index in [9.17, 15) is 0 Å². The van der Waals surface area contributed by atoms with E-state index in [0.717, 1.165) is 52.4 Å². The van der Waals surface area contributed by atoms with Crippen LogP contribution in [0.5, 0.6) is 0 Å². The Labute approximate surface area is 154 Å². The first-order valence-corrected chi connectivity index (χ1v) is 9.60. The molecule has 0 heterocycles. The van der Waals surface area contributed by atoms with Crippen LogP contribution in [-0.2, 0) is 14.9 Å². The van der Waals surface area contributed by atoms with E-state index >= 15 is 0 Å². The molecule has 4 heteroatoms. The molecule has 0 aliphatic heterocycles. The fraction of sp³-hybridized carbons (Fsp3) is 0.714. The summed E-state index contributed by atoms with van der Waals surface area (Å²) in [6.07, 6.45) is 2.28. The average molecular weight is 351 g/mol. The second-order valence-corrected chi connectivity index (χ2v) is 7.49. The van der Waals surface area contributed by atoms with Gasteiger partial charge in [0.1, 0.15) is 0 Å². The third-order valence-corrected chi connectivity index (χ3v) is 4.34. The van der Waals surface area contributed by atoms with E-state index in [1.165, 1.54) is 17.7 Å². The molecule has 0 amide bonds. The lowest BCUT2D eigenvalue weighted by Crippen LogP contribution is -2.33. The summed E-state index contributed by atoms with van der Waals surface area (Å²) in [5.41, 5.74) is 2.77. The highest BCUT2D eigenvalue weighted by atomic mass is 16.5. The molecule has 0 bridgehead atoms. The zero-order valence-electron chi connectivity index (χ0n) is 16.9. The number of rotatable bonds is 13. The van der Waals surface area contributed by atoms with Crippen molar-refractivity contribution in [3.63, 3.8) is 0 Å². The van der Waals surface area contributed by atoms with E-state index in [1.807, 2.05) is 6.92 Å². The van der Waals surface area contributed by atoms with Gasteiger partial charge in [0.15, 0.2) is 0 Å². The molecule has 0 aromatic heterocycles. The first-order valence-electron chi connectivity index (χ1n) is 9.60. The van der Waals surface area contributed by atoms with Crippen LogP contribution in [0.1, 0.15) is 46.1 Å². The lowest BCUT2D eigenvalue weighted by atomic mass is 9.87. The molecule has 0 atom stereocenters. The highest BCUT2D eigenvalue weighted by molar-refractivity contribution is 5.45. The van der Waals surface area contributed by atoms with E-state index in [4.69, 9.17) is 9.47 Å². The number of nitrogens with one attached hydrogen (secondary N) is 1. The summed E-state index contributed by atoms with van der Waals surface area (Å²) < 4.78 is 10.7. The van der Waals surface area contributed by atoms with Crippen molar-refractivity contribution in [2.45, 2.75) is 46.0 Å². The Kier molecular flexibility index (Phi) is 10.8. The summed E-state index contributed by atoms with van der Waals surface area (Å²) >= 11 is 0. The third kappa shape index (κ3) is 9.83. The van der Waals surface area contributed by atoms with Gasteiger partial charge in [0.2, 0.25) is 0 Å². The summed E-state index contributed by atoms with van der Waals surface area (Å²) in [5.74, 6) is 0. The van der Waals surface area contributed by atoms with Gasteiger partial charge < -0.3 is 14.8 Å². The van der Waals surface area contributed by atoms with Gasteiger partial charge in [-0.05, 0) is 49.4 Å². The molecule has 0 radical (unpaired) electrons. The molecule has 0 aliphatic rings. The minimum Gasteiger partial charge on any atom is -0.385 e. The van der Waals surface area contributed by atoms with Crippen LogP contribution in [0.25, 0.3) is 0 Å². The lowest BCUT2D eigenvalue weighted by molar-refractivity contribution is 0.112. The van der Waals surface area contributed by atoms with E-state index < -0.39 is 0 Å². The van der Waals surface area contributed by atoms with Gasteiger partial charge in [-0.25, -0.2) is 0 Å². The predicted octanol–water partition coefficient (Wildman–Crippen LogP) is 4.16. The Morgan fingerprint density at radius 1 is 0.960 bits per heavy atom. The maximum absolute atomic E-state index is 5.51. The largest absolute Gasteiger partial charge is 0.385 e. The topological polar surface area (TPSA) is 33.7 Å². The molecule has 0 saturated carbocycles. The van der Waals surface area contributed by atoms with Gasteiger partial charge in [-0.2, -0.15) is 0 Å². The van der Waals surface area contributed by atoms with Crippen LogP contribution in [0, 0.1) is 0 Å². The van der Waals surface area contributed by atoms with E-state index in [0.29, 0.717) is 0 Å². The smallest absolute Gasteiger partial charge is 0.0593 e. The zero-order valence-corrected chi connectivity index (χ0v) is 16.9. The number of benzene rings is 1. The molecule has 1 N–H and O–H groups in total. The molecule has 0 saturated heterocycles. The molecule has 0 fully saturated rings. The van der Waals surface area contributed by atoms with E-state index in [-0.39, 0.29) is 5.41 Å². The van der Waals surface area contributed by atoms with Crippen molar-refractivity contribution < 1.29 is 9.47 Å².